The van der Waals surface area contributed by atoms with Crippen molar-refractivity contribution in [2.24, 2.45) is 5.92 Å². The number of hydrogen-bond acceptors (Lipinski definition) is 4. The van der Waals surface area contributed by atoms with Gasteiger partial charge in [-0.25, -0.2) is 0 Å². The van der Waals surface area contributed by atoms with Crippen LogP contribution >= 0.6 is 0 Å². The number of rotatable bonds is 10. The predicted octanol–water partition coefficient (Wildman–Crippen LogP) is 3.76. The van der Waals surface area contributed by atoms with Crippen LogP contribution in [-0.4, -0.2) is 59.4 Å². The van der Waals surface area contributed by atoms with Crippen LogP contribution in [0.3, 0.4) is 0 Å². The first-order valence-electron chi connectivity index (χ1n) is 12.1. The summed E-state index contributed by atoms with van der Waals surface area (Å²) in [7, 11) is 0. The molecule has 176 valence electrons. The monoisotopic (exact) mass is 441 g/mol. The molecule has 2 fully saturated rings. The van der Waals surface area contributed by atoms with Gasteiger partial charge in [-0.05, 0) is 49.3 Å². The van der Waals surface area contributed by atoms with Gasteiger partial charge in [0.2, 0.25) is 11.8 Å². The van der Waals surface area contributed by atoms with Gasteiger partial charge in [0.15, 0.2) is 0 Å². The molecule has 6 heteroatoms. The predicted molar refractivity (Wildman–Crippen MR) is 127 cm³/mol. The molecule has 1 atom stereocenters. The molecule has 0 saturated carbocycles. The summed E-state index contributed by atoms with van der Waals surface area (Å²) in [5.41, 5.74) is 0.523. The van der Waals surface area contributed by atoms with Gasteiger partial charge in [-0.3, -0.25) is 14.5 Å². The molecule has 2 saturated heterocycles. The molecule has 3 rings (SSSR count). The Morgan fingerprint density at radius 2 is 1.91 bits per heavy atom. The lowest BCUT2D eigenvalue weighted by Crippen LogP contribution is -2.73. The van der Waals surface area contributed by atoms with Crippen molar-refractivity contribution in [1.82, 2.24) is 15.1 Å². The number of carbonyl (C=O) groups is 2. The fraction of sp³-hybridized carbons (Fsp3) is 0.615. The maximum absolute atomic E-state index is 13.3. The third-order valence-electron chi connectivity index (χ3n) is 6.63. The zero-order valence-corrected chi connectivity index (χ0v) is 19.9. The molecule has 2 aliphatic heterocycles. The second-order valence-corrected chi connectivity index (χ2v) is 9.55. The highest BCUT2D eigenvalue weighted by Crippen LogP contribution is 2.34. The van der Waals surface area contributed by atoms with E-state index in [4.69, 9.17) is 4.74 Å². The highest BCUT2D eigenvalue weighted by molar-refractivity contribution is 6.00. The van der Waals surface area contributed by atoms with Crippen molar-refractivity contribution in [1.29, 1.82) is 0 Å². The van der Waals surface area contributed by atoms with Crippen LogP contribution in [0.1, 0.15) is 58.4 Å². The number of nitrogens with zero attached hydrogens (tertiary/aromatic N) is 2. The molecule has 0 radical (unpaired) electrons. The first-order valence-corrected chi connectivity index (χ1v) is 12.1. The van der Waals surface area contributed by atoms with Crippen LogP contribution in [-0.2, 0) is 16.1 Å². The van der Waals surface area contributed by atoms with E-state index in [9.17, 15) is 9.59 Å². The number of nitrogens with one attached hydrogen (secondary N) is 1. The summed E-state index contributed by atoms with van der Waals surface area (Å²) in [5, 5.41) is 3.08. The molecule has 1 unspecified atom stereocenters. The largest absolute Gasteiger partial charge is 0.490 e. The smallest absolute Gasteiger partial charge is 0.246 e. The van der Waals surface area contributed by atoms with Crippen molar-refractivity contribution in [3.05, 3.63) is 42.5 Å². The number of carbonyl (C=O) groups excluding carboxylic acids is 2. The number of likely N-dealkylation sites (tertiary alicyclic amines) is 1. The molecule has 1 aromatic carbocycles. The Hall–Kier alpha value is -2.34. The van der Waals surface area contributed by atoms with Crippen molar-refractivity contribution in [3.63, 3.8) is 0 Å². The summed E-state index contributed by atoms with van der Waals surface area (Å²) >= 11 is 0. The van der Waals surface area contributed by atoms with E-state index < -0.39 is 5.54 Å². The number of unbranched alkanes of at least 4 members (excludes halogenated alkanes) is 1. The molecule has 6 nitrogen and oxygen atoms in total. The number of piperazine rings is 1. The molecular formula is C26H39N3O3. The Morgan fingerprint density at radius 3 is 2.50 bits per heavy atom. The minimum atomic E-state index is -0.696. The van der Waals surface area contributed by atoms with E-state index in [0.717, 1.165) is 38.2 Å². The summed E-state index contributed by atoms with van der Waals surface area (Å²) in [5.74, 6) is 1.35. The van der Waals surface area contributed by atoms with Crippen molar-refractivity contribution in [2.75, 3.05) is 26.2 Å². The maximum atomic E-state index is 13.3. The molecule has 1 spiro atoms. The Labute approximate surface area is 193 Å². The Bertz CT molecular complexity index is 782. The van der Waals surface area contributed by atoms with Crippen LogP contribution in [0.2, 0.25) is 0 Å². The number of amides is 2. The number of ether oxygens (including phenoxy) is 1. The quantitative estimate of drug-likeness (QED) is 0.562. The summed E-state index contributed by atoms with van der Waals surface area (Å²) in [6, 6.07) is 7.76. The maximum Gasteiger partial charge on any atom is 0.246 e. The number of hydrogen-bond donors (Lipinski definition) is 1. The van der Waals surface area contributed by atoms with Gasteiger partial charge in [0.1, 0.15) is 23.9 Å². The number of benzene rings is 1. The van der Waals surface area contributed by atoms with Crippen LogP contribution in [0, 0.1) is 5.92 Å². The van der Waals surface area contributed by atoms with Gasteiger partial charge >= 0.3 is 0 Å². The molecule has 0 aromatic heterocycles. The van der Waals surface area contributed by atoms with E-state index in [1.165, 1.54) is 5.56 Å². The van der Waals surface area contributed by atoms with Crippen molar-refractivity contribution >= 4 is 11.8 Å². The van der Waals surface area contributed by atoms with Crippen LogP contribution in [0.25, 0.3) is 0 Å². The van der Waals surface area contributed by atoms with Gasteiger partial charge in [0.05, 0.1) is 0 Å². The topological polar surface area (TPSA) is 61.9 Å². The van der Waals surface area contributed by atoms with E-state index in [2.05, 4.69) is 49.7 Å². The fourth-order valence-corrected chi connectivity index (χ4v) is 4.83. The summed E-state index contributed by atoms with van der Waals surface area (Å²) in [6.45, 7) is 13.6. The van der Waals surface area contributed by atoms with E-state index >= 15 is 0 Å². The van der Waals surface area contributed by atoms with Crippen LogP contribution in [0.4, 0.5) is 0 Å². The zero-order chi connectivity index (χ0) is 23.1. The first kappa shape index (κ1) is 24.3. The van der Waals surface area contributed by atoms with Crippen molar-refractivity contribution in [3.8, 4) is 5.75 Å². The molecule has 32 heavy (non-hydrogen) atoms. The van der Waals surface area contributed by atoms with E-state index in [0.29, 0.717) is 38.3 Å². The van der Waals surface area contributed by atoms with Gasteiger partial charge < -0.3 is 15.0 Å². The average Bonchev–Trinajstić information content (AvgIpc) is 2.78. The Kier molecular flexibility index (Phi) is 8.35. The van der Waals surface area contributed by atoms with E-state index in [-0.39, 0.29) is 17.9 Å². The van der Waals surface area contributed by atoms with Crippen LogP contribution in [0.15, 0.2) is 36.9 Å². The standard InChI is InChI=1S/C26H39N3O3/c1-5-7-14-29-24(30)23(18-20(3)4)27-25(31)26(29)12-15-28(16-13-26)19-21-8-10-22(11-9-21)32-17-6-2/h6,8-11,20,23H,2,5,7,12-19H2,1,3-4H3,(H,27,31). The minimum absolute atomic E-state index is 0.0437. The van der Waals surface area contributed by atoms with E-state index in [1.54, 1.807) is 6.08 Å². The van der Waals surface area contributed by atoms with Gasteiger partial charge in [-0.15, -0.1) is 0 Å². The summed E-state index contributed by atoms with van der Waals surface area (Å²) < 4.78 is 5.56. The first-order chi connectivity index (χ1) is 15.4. The summed E-state index contributed by atoms with van der Waals surface area (Å²) in [4.78, 5) is 31.0. The molecule has 1 N–H and O–H groups in total. The average molecular weight is 442 g/mol. The molecule has 0 bridgehead atoms. The van der Waals surface area contributed by atoms with Gasteiger partial charge in [0.25, 0.3) is 0 Å². The molecule has 2 amide bonds. The van der Waals surface area contributed by atoms with Crippen molar-refractivity contribution < 1.29 is 14.3 Å². The lowest BCUT2D eigenvalue weighted by atomic mass is 9.80. The van der Waals surface area contributed by atoms with Crippen LogP contribution < -0.4 is 10.1 Å². The van der Waals surface area contributed by atoms with Gasteiger partial charge in [-0.2, -0.15) is 0 Å². The molecular weight excluding hydrogens is 402 g/mol. The Morgan fingerprint density at radius 1 is 1.22 bits per heavy atom. The SMILES string of the molecule is C=CCOc1ccc(CN2CCC3(CC2)C(=O)NC(CC(C)C)C(=O)N3CCCC)cc1. The van der Waals surface area contributed by atoms with Gasteiger partial charge in [0, 0.05) is 26.2 Å². The van der Waals surface area contributed by atoms with Gasteiger partial charge in [-0.1, -0.05) is 52.0 Å². The zero-order valence-electron chi connectivity index (χ0n) is 19.9. The second-order valence-electron chi connectivity index (χ2n) is 9.55. The second kappa shape index (κ2) is 11.0. The highest BCUT2D eigenvalue weighted by atomic mass is 16.5. The normalized spacial score (nSPS) is 21.1. The molecule has 2 heterocycles. The summed E-state index contributed by atoms with van der Waals surface area (Å²) in [6.07, 6.45) is 5.74. The van der Waals surface area contributed by atoms with Crippen LogP contribution in [0.5, 0.6) is 5.75 Å². The third kappa shape index (κ3) is 5.52. The lowest BCUT2D eigenvalue weighted by molar-refractivity contribution is -0.161. The fourth-order valence-electron chi connectivity index (χ4n) is 4.83. The minimum Gasteiger partial charge on any atom is -0.490 e. The molecule has 1 aromatic rings. The molecule has 2 aliphatic rings. The van der Waals surface area contributed by atoms with E-state index in [1.807, 2.05) is 17.0 Å². The third-order valence-corrected chi connectivity index (χ3v) is 6.63. The molecule has 0 aliphatic carbocycles. The lowest BCUT2D eigenvalue weighted by Gasteiger charge is -2.52. The Balaban J connectivity index is 1.66. The number of piperidine rings is 1. The van der Waals surface area contributed by atoms with Crippen molar-refractivity contribution in [2.45, 2.75) is 71.0 Å². The highest BCUT2D eigenvalue weighted by Gasteiger charge is 2.53.